The van der Waals surface area contributed by atoms with Crippen LogP contribution in [0.3, 0.4) is 0 Å². The Labute approximate surface area is 185 Å². The zero-order chi connectivity index (χ0) is 23.0. The molecule has 2 aromatic rings. The van der Waals surface area contributed by atoms with Crippen LogP contribution >= 0.6 is 0 Å². The van der Waals surface area contributed by atoms with E-state index in [4.69, 9.17) is 4.74 Å². The molecule has 0 radical (unpaired) electrons. The van der Waals surface area contributed by atoms with E-state index in [1.807, 2.05) is 42.0 Å². The van der Waals surface area contributed by atoms with E-state index in [0.29, 0.717) is 24.3 Å². The summed E-state index contributed by atoms with van der Waals surface area (Å²) >= 11 is 0. The lowest BCUT2D eigenvalue weighted by Crippen LogP contribution is -2.29. The van der Waals surface area contributed by atoms with Gasteiger partial charge in [0.15, 0.2) is 0 Å². The van der Waals surface area contributed by atoms with Gasteiger partial charge in [0, 0.05) is 25.2 Å². The zero-order valence-corrected chi connectivity index (χ0v) is 19.5. The number of amides is 2. The predicted molar refractivity (Wildman–Crippen MR) is 123 cm³/mol. The van der Waals surface area contributed by atoms with Crippen molar-refractivity contribution in [3.63, 3.8) is 0 Å². The molecule has 0 aliphatic carbocycles. The molecule has 0 saturated carbocycles. The van der Waals surface area contributed by atoms with Crippen LogP contribution in [0.1, 0.15) is 45.4 Å². The van der Waals surface area contributed by atoms with Crippen molar-refractivity contribution < 1.29 is 14.3 Å². The highest BCUT2D eigenvalue weighted by molar-refractivity contribution is 6.08. The molecule has 168 valence electrons. The average molecular weight is 427 g/mol. The lowest BCUT2D eigenvalue weighted by atomic mass is 10.1. The minimum absolute atomic E-state index is 0.212. The summed E-state index contributed by atoms with van der Waals surface area (Å²) in [5.41, 5.74) is 3.30. The summed E-state index contributed by atoms with van der Waals surface area (Å²) in [7, 11) is 1.61. The lowest BCUT2D eigenvalue weighted by molar-refractivity contribution is -0.138. The van der Waals surface area contributed by atoms with Gasteiger partial charge in [-0.15, -0.1) is 0 Å². The van der Waals surface area contributed by atoms with Crippen LogP contribution in [-0.2, 0) is 9.59 Å². The van der Waals surface area contributed by atoms with Crippen molar-refractivity contribution >= 4 is 17.9 Å². The summed E-state index contributed by atoms with van der Waals surface area (Å²) in [6.07, 6.45) is 6.04. The quantitative estimate of drug-likeness (QED) is 0.659. The molecule has 0 spiro atoms. The van der Waals surface area contributed by atoms with Gasteiger partial charge in [0.25, 0.3) is 5.91 Å². The van der Waals surface area contributed by atoms with Gasteiger partial charge >= 0.3 is 0 Å². The average Bonchev–Trinajstić information content (AvgIpc) is 3.35. The fraction of sp³-hybridized carbons (Fsp3) is 0.458. The second-order valence-corrected chi connectivity index (χ2v) is 7.37. The number of imidazole rings is 1. The second kappa shape index (κ2) is 11.5. The number of carbonyl (C=O) groups is 2. The van der Waals surface area contributed by atoms with Crippen molar-refractivity contribution in [1.82, 2.24) is 19.4 Å². The van der Waals surface area contributed by atoms with Crippen LogP contribution in [0.5, 0.6) is 5.75 Å². The van der Waals surface area contributed by atoms with E-state index in [2.05, 4.69) is 30.7 Å². The maximum Gasteiger partial charge on any atom is 0.256 e. The first-order valence-corrected chi connectivity index (χ1v) is 10.8. The fourth-order valence-corrected chi connectivity index (χ4v) is 3.47. The van der Waals surface area contributed by atoms with E-state index in [1.165, 1.54) is 31.5 Å². The Balaban J connectivity index is 0.000000423. The van der Waals surface area contributed by atoms with Crippen LogP contribution in [0.2, 0.25) is 0 Å². The number of aromatic nitrogens is 2. The van der Waals surface area contributed by atoms with Crippen molar-refractivity contribution in [2.75, 3.05) is 33.3 Å². The Morgan fingerprint density at radius 3 is 2.35 bits per heavy atom. The number of ether oxygens (including phenoxy) is 1. The van der Waals surface area contributed by atoms with Gasteiger partial charge in [-0.05, 0) is 56.8 Å². The van der Waals surface area contributed by atoms with Crippen molar-refractivity contribution in [1.29, 1.82) is 0 Å². The minimum atomic E-state index is -0.216. The molecule has 7 heteroatoms. The monoisotopic (exact) mass is 426 g/mol. The fourth-order valence-electron chi connectivity index (χ4n) is 3.47. The summed E-state index contributed by atoms with van der Waals surface area (Å²) in [4.78, 5) is 31.5. The van der Waals surface area contributed by atoms with Gasteiger partial charge in [0.05, 0.1) is 24.8 Å². The van der Waals surface area contributed by atoms with E-state index in [0.717, 1.165) is 16.9 Å². The molecular weight excluding hydrogens is 392 g/mol. The first kappa shape index (κ1) is 24.3. The molecule has 1 saturated heterocycles. The van der Waals surface area contributed by atoms with Crippen molar-refractivity contribution in [2.24, 2.45) is 0 Å². The Bertz CT molecular complexity index is 923. The zero-order valence-electron chi connectivity index (χ0n) is 19.5. The summed E-state index contributed by atoms with van der Waals surface area (Å²) in [5.74, 6) is 0.262. The SMILES string of the molecule is CCN(CC)CC.COc1cc(/C=C2\CCN(C(C)=O)C2=O)ccc1-n1cnc(C)c1. The highest BCUT2D eigenvalue weighted by Crippen LogP contribution is 2.27. The van der Waals surface area contributed by atoms with Gasteiger partial charge in [-0.25, -0.2) is 4.98 Å². The van der Waals surface area contributed by atoms with E-state index in [-0.39, 0.29) is 11.8 Å². The molecule has 3 rings (SSSR count). The maximum absolute atomic E-state index is 12.2. The minimum Gasteiger partial charge on any atom is -0.495 e. The molecule has 1 fully saturated rings. The first-order valence-electron chi connectivity index (χ1n) is 10.8. The van der Waals surface area contributed by atoms with Gasteiger partial charge in [-0.1, -0.05) is 26.8 Å². The summed E-state index contributed by atoms with van der Waals surface area (Å²) in [5, 5.41) is 0. The number of hydrogen-bond acceptors (Lipinski definition) is 5. The topological polar surface area (TPSA) is 67.7 Å². The van der Waals surface area contributed by atoms with Crippen molar-refractivity contribution in [2.45, 2.75) is 41.0 Å². The highest BCUT2D eigenvalue weighted by Gasteiger charge is 2.28. The molecule has 31 heavy (non-hydrogen) atoms. The normalized spacial score (nSPS) is 14.7. The number of nitrogens with zero attached hydrogens (tertiary/aromatic N) is 4. The summed E-state index contributed by atoms with van der Waals surface area (Å²) < 4.78 is 7.37. The predicted octanol–water partition coefficient (Wildman–Crippen LogP) is 3.70. The molecule has 0 atom stereocenters. The Hall–Kier alpha value is -2.93. The number of carbonyl (C=O) groups excluding carboxylic acids is 2. The number of imide groups is 1. The number of methoxy groups -OCH3 is 1. The number of benzene rings is 1. The smallest absolute Gasteiger partial charge is 0.256 e. The largest absolute Gasteiger partial charge is 0.495 e. The number of rotatable bonds is 6. The third kappa shape index (κ3) is 6.28. The summed E-state index contributed by atoms with van der Waals surface area (Å²) in [6, 6.07) is 5.72. The lowest BCUT2D eigenvalue weighted by Gasteiger charge is -2.13. The molecule has 0 bridgehead atoms. The molecular formula is C24H34N4O3. The van der Waals surface area contributed by atoms with E-state index in [1.54, 1.807) is 13.4 Å². The number of aryl methyl sites for hydroxylation is 1. The number of likely N-dealkylation sites (tertiary alicyclic amines) is 1. The van der Waals surface area contributed by atoms with E-state index in [9.17, 15) is 9.59 Å². The Morgan fingerprint density at radius 1 is 1.23 bits per heavy atom. The molecule has 1 aliphatic heterocycles. The maximum atomic E-state index is 12.2. The van der Waals surface area contributed by atoms with Crippen LogP contribution in [0, 0.1) is 6.92 Å². The van der Waals surface area contributed by atoms with Gasteiger partial charge in [-0.3, -0.25) is 14.5 Å². The standard InChI is InChI=1S/C18H19N3O3.C6H15N/c1-12-10-20(11-19-12)16-5-4-14(9-17(16)24-3)8-15-6-7-21(13(2)22)18(15)23;1-4-7(5-2)6-3/h4-5,8-11H,6-7H2,1-3H3;4-6H2,1-3H3/b15-8+;. The molecule has 0 unspecified atom stereocenters. The van der Waals surface area contributed by atoms with Crippen LogP contribution < -0.4 is 4.74 Å². The van der Waals surface area contributed by atoms with Crippen LogP contribution in [0.4, 0.5) is 0 Å². The van der Waals surface area contributed by atoms with E-state index >= 15 is 0 Å². The van der Waals surface area contributed by atoms with Crippen LogP contribution in [0.25, 0.3) is 11.8 Å². The third-order valence-corrected chi connectivity index (χ3v) is 5.38. The van der Waals surface area contributed by atoms with E-state index < -0.39 is 0 Å². The van der Waals surface area contributed by atoms with Crippen molar-refractivity contribution in [3.8, 4) is 11.4 Å². The third-order valence-electron chi connectivity index (χ3n) is 5.38. The van der Waals surface area contributed by atoms with Gasteiger partial charge < -0.3 is 14.2 Å². The molecule has 1 aromatic heterocycles. The van der Waals surface area contributed by atoms with Gasteiger partial charge in [0.2, 0.25) is 5.91 Å². The summed E-state index contributed by atoms with van der Waals surface area (Å²) in [6.45, 7) is 13.9. The molecule has 1 aliphatic rings. The molecule has 0 N–H and O–H groups in total. The van der Waals surface area contributed by atoms with Gasteiger partial charge in [-0.2, -0.15) is 0 Å². The van der Waals surface area contributed by atoms with Crippen LogP contribution in [-0.4, -0.2) is 64.5 Å². The second-order valence-electron chi connectivity index (χ2n) is 7.37. The first-order chi connectivity index (χ1) is 14.8. The highest BCUT2D eigenvalue weighted by atomic mass is 16.5. The number of hydrogen-bond donors (Lipinski definition) is 0. The molecule has 2 heterocycles. The molecule has 7 nitrogen and oxygen atoms in total. The molecule has 2 amide bonds. The van der Waals surface area contributed by atoms with Crippen molar-refractivity contribution in [3.05, 3.63) is 47.6 Å². The Morgan fingerprint density at radius 2 is 1.90 bits per heavy atom. The van der Waals surface area contributed by atoms with Gasteiger partial charge in [0.1, 0.15) is 5.75 Å². The molecule has 1 aromatic carbocycles. The van der Waals surface area contributed by atoms with Crippen LogP contribution in [0.15, 0.2) is 36.3 Å². The Kier molecular flexibility index (Phi) is 9.00.